The molecule has 0 spiro atoms. The second-order valence-corrected chi connectivity index (χ2v) is 5.99. The van der Waals surface area contributed by atoms with E-state index in [0.29, 0.717) is 10.2 Å². The maximum atomic E-state index is 13.7. The first-order valence-electron chi connectivity index (χ1n) is 6.40. The summed E-state index contributed by atoms with van der Waals surface area (Å²) >= 11 is 0.973. The molecule has 1 fully saturated rings. The van der Waals surface area contributed by atoms with E-state index >= 15 is 0 Å². The van der Waals surface area contributed by atoms with Crippen molar-refractivity contribution in [2.24, 2.45) is 5.92 Å². The summed E-state index contributed by atoms with van der Waals surface area (Å²) in [7, 11) is 0. The van der Waals surface area contributed by atoms with Crippen LogP contribution >= 0.6 is 11.3 Å². The Morgan fingerprint density at radius 3 is 2.74 bits per heavy atom. The third-order valence-electron chi connectivity index (χ3n) is 3.59. The Balaban J connectivity index is 2.12. The number of anilines is 1. The predicted octanol–water partition coefficient (Wildman–Crippen LogP) is 2.79. The van der Waals surface area contributed by atoms with E-state index in [2.05, 4.69) is 16.9 Å². The van der Waals surface area contributed by atoms with Gasteiger partial charge in [0.15, 0.2) is 5.13 Å². The van der Waals surface area contributed by atoms with Crippen molar-refractivity contribution >= 4 is 32.6 Å². The zero-order chi connectivity index (χ0) is 16.8. The number of carbonyl (C=O) groups is 1. The number of halogens is 3. The number of para-hydroxylation sites is 1. The van der Waals surface area contributed by atoms with Gasteiger partial charge in [-0.25, -0.2) is 4.98 Å². The molecule has 23 heavy (non-hydrogen) atoms. The first-order valence-corrected chi connectivity index (χ1v) is 7.21. The number of nitrogens with zero attached hydrogens (tertiary/aromatic N) is 2. The molecule has 0 bridgehead atoms. The number of fused-ring (bicyclic) bond motifs is 1. The average Bonchev–Trinajstić information content (AvgIpc) is 2.97. The maximum absolute atomic E-state index is 13.7. The second kappa shape index (κ2) is 4.96. The molecule has 5 nitrogen and oxygen atoms in total. The molecule has 118 valence electrons. The van der Waals surface area contributed by atoms with Gasteiger partial charge < -0.3 is 10.6 Å². The number of nitrogens with one attached hydrogen (secondary N) is 2. The highest BCUT2D eigenvalue weighted by molar-refractivity contribution is 7.22. The Morgan fingerprint density at radius 1 is 1.43 bits per heavy atom. The number of hydrogen-bond acceptors (Lipinski definition) is 5. The number of alkyl halides is 3. The summed E-state index contributed by atoms with van der Waals surface area (Å²) in [5.41, 5.74) is -2.89. The zero-order valence-electron chi connectivity index (χ0n) is 11.4. The van der Waals surface area contributed by atoms with Gasteiger partial charge in [-0.15, -0.1) is 0 Å². The van der Waals surface area contributed by atoms with Gasteiger partial charge in [0.2, 0.25) is 5.54 Å². The van der Waals surface area contributed by atoms with Crippen LogP contribution in [-0.2, 0) is 4.79 Å². The van der Waals surface area contributed by atoms with Gasteiger partial charge in [0, 0.05) is 5.70 Å². The van der Waals surface area contributed by atoms with E-state index in [1.165, 1.54) is 6.07 Å². The minimum absolute atomic E-state index is 0.0892. The standard InChI is InChI=1S/C14H9F3N4OS/c1-7-8(6-18)13(11(22)19-7,14(15,16)17)21-12-20-9-4-2-3-5-10(9)23-12/h2-5,8H,1H2,(H,19,22)(H,20,21)/t8-,13+/m1/s1. The summed E-state index contributed by atoms with van der Waals surface area (Å²) < 4.78 is 41.7. The topological polar surface area (TPSA) is 77.8 Å². The second-order valence-electron chi connectivity index (χ2n) is 4.96. The van der Waals surface area contributed by atoms with Gasteiger partial charge in [0.05, 0.1) is 16.3 Å². The summed E-state index contributed by atoms with van der Waals surface area (Å²) in [5, 5.41) is 13.2. The van der Waals surface area contributed by atoms with Gasteiger partial charge in [0.1, 0.15) is 5.92 Å². The Bertz CT molecular complexity index is 821. The van der Waals surface area contributed by atoms with Crippen LogP contribution < -0.4 is 10.6 Å². The highest BCUT2D eigenvalue weighted by atomic mass is 32.1. The van der Waals surface area contributed by atoms with Gasteiger partial charge in [0.25, 0.3) is 5.91 Å². The Kier molecular flexibility index (Phi) is 3.30. The normalized spacial score (nSPS) is 24.5. The molecule has 2 atom stereocenters. The quantitative estimate of drug-likeness (QED) is 0.883. The van der Waals surface area contributed by atoms with Gasteiger partial charge in [-0.2, -0.15) is 18.4 Å². The predicted molar refractivity (Wildman–Crippen MR) is 78.4 cm³/mol. The zero-order valence-corrected chi connectivity index (χ0v) is 12.3. The molecule has 2 aromatic rings. The van der Waals surface area contributed by atoms with Crippen LogP contribution in [0.2, 0.25) is 0 Å². The lowest BCUT2D eigenvalue weighted by Crippen LogP contribution is -2.60. The molecule has 1 aromatic carbocycles. The summed E-state index contributed by atoms with van der Waals surface area (Å²) in [5.74, 6) is -3.15. The summed E-state index contributed by atoms with van der Waals surface area (Å²) in [4.78, 5) is 16.1. The number of benzene rings is 1. The van der Waals surface area contributed by atoms with E-state index in [0.717, 1.165) is 11.3 Å². The molecule has 0 unspecified atom stereocenters. The smallest absolute Gasteiger partial charge is 0.338 e. The van der Waals surface area contributed by atoms with Crippen molar-refractivity contribution in [3.8, 4) is 6.07 Å². The van der Waals surface area contributed by atoms with E-state index in [-0.39, 0.29) is 10.8 Å². The van der Waals surface area contributed by atoms with Crippen LogP contribution in [0.15, 0.2) is 36.5 Å². The molecule has 1 amide bonds. The van der Waals surface area contributed by atoms with Crippen LogP contribution in [0.3, 0.4) is 0 Å². The van der Waals surface area contributed by atoms with Crippen molar-refractivity contribution < 1.29 is 18.0 Å². The molecule has 0 aliphatic carbocycles. The van der Waals surface area contributed by atoms with Crippen LogP contribution in [-0.4, -0.2) is 22.6 Å². The Labute approximate surface area is 132 Å². The number of aromatic nitrogens is 1. The van der Waals surface area contributed by atoms with Crippen LogP contribution in [0, 0.1) is 17.2 Å². The Hall–Kier alpha value is -2.60. The SMILES string of the molecule is C=C1NC(=O)[C@](Nc2nc3ccccc3s2)(C(F)(F)F)[C@@H]1C#N. The molecule has 1 saturated heterocycles. The number of carbonyl (C=O) groups excluding carboxylic acids is 1. The van der Waals surface area contributed by atoms with Crippen molar-refractivity contribution in [1.29, 1.82) is 5.26 Å². The highest BCUT2D eigenvalue weighted by Crippen LogP contribution is 2.45. The number of hydrogen-bond donors (Lipinski definition) is 2. The van der Waals surface area contributed by atoms with Crippen molar-refractivity contribution in [3.05, 3.63) is 36.5 Å². The van der Waals surface area contributed by atoms with Gasteiger partial charge in [-0.05, 0) is 12.1 Å². The first kappa shape index (κ1) is 15.3. The summed E-state index contributed by atoms with van der Waals surface area (Å²) in [6.45, 7) is 3.34. The van der Waals surface area contributed by atoms with Gasteiger partial charge in [-0.3, -0.25) is 4.79 Å². The van der Waals surface area contributed by atoms with E-state index in [9.17, 15) is 18.0 Å². The number of thiazole rings is 1. The molecular formula is C14H9F3N4OS. The fourth-order valence-electron chi connectivity index (χ4n) is 2.47. The minimum atomic E-state index is -5.01. The van der Waals surface area contributed by atoms with Gasteiger partial charge in [-0.1, -0.05) is 30.0 Å². The molecule has 3 rings (SSSR count). The van der Waals surface area contributed by atoms with Crippen molar-refractivity contribution in [3.63, 3.8) is 0 Å². The van der Waals surface area contributed by atoms with Crippen LogP contribution in [0.4, 0.5) is 18.3 Å². The molecule has 1 aliphatic rings. The number of amides is 1. The summed E-state index contributed by atoms with van der Waals surface area (Å²) in [6.07, 6.45) is -5.01. The lowest BCUT2D eigenvalue weighted by atomic mass is 9.85. The van der Waals surface area contributed by atoms with E-state index in [4.69, 9.17) is 5.26 Å². The molecule has 1 aliphatic heterocycles. The minimum Gasteiger partial charge on any atom is -0.338 e. The largest absolute Gasteiger partial charge is 0.422 e. The van der Waals surface area contributed by atoms with Crippen LogP contribution in [0.25, 0.3) is 10.2 Å². The lowest BCUT2D eigenvalue weighted by Gasteiger charge is -2.31. The van der Waals surface area contributed by atoms with E-state index in [1.54, 1.807) is 24.3 Å². The number of rotatable bonds is 2. The first-order chi connectivity index (χ1) is 10.8. The highest BCUT2D eigenvalue weighted by Gasteiger charge is 2.70. The lowest BCUT2D eigenvalue weighted by molar-refractivity contribution is -0.185. The molecule has 2 N–H and O–H groups in total. The van der Waals surface area contributed by atoms with Crippen LogP contribution in [0.1, 0.15) is 0 Å². The van der Waals surface area contributed by atoms with Crippen LogP contribution in [0.5, 0.6) is 0 Å². The summed E-state index contributed by atoms with van der Waals surface area (Å²) in [6, 6.07) is 8.28. The van der Waals surface area contributed by atoms with Crippen molar-refractivity contribution in [1.82, 2.24) is 10.3 Å². The molecule has 2 heterocycles. The van der Waals surface area contributed by atoms with E-state index in [1.807, 2.05) is 5.32 Å². The Morgan fingerprint density at radius 2 is 2.13 bits per heavy atom. The van der Waals surface area contributed by atoms with Crippen molar-refractivity contribution in [2.45, 2.75) is 11.7 Å². The molecule has 9 heteroatoms. The molecule has 0 saturated carbocycles. The van der Waals surface area contributed by atoms with Crippen molar-refractivity contribution in [2.75, 3.05) is 5.32 Å². The maximum Gasteiger partial charge on any atom is 0.422 e. The monoisotopic (exact) mass is 338 g/mol. The molecule has 0 radical (unpaired) electrons. The van der Waals surface area contributed by atoms with Gasteiger partial charge >= 0.3 is 6.18 Å². The fourth-order valence-corrected chi connectivity index (χ4v) is 3.40. The molecule has 1 aromatic heterocycles. The van der Waals surface area contributed by atoms with E-state index < -0.39 is 23.5 Å². The molecular weight excluding hydrogens is 329 g/mol. The number of nitriles is 1. The third kappa shape index (κ3) is 2.14. The average molecular weight is 338 g/mol. The fraction of sp³-hybridized carbons (Fsp3) is 0.214. The third-order valence-corrected chi connectivity index (χ3v) is 4.54.